The van der Waals surface area contributed by atoms with E-state index in [1.54, 1.807) is 12.1 Å². The van der Waals surface area contributed by atoms with E-state index >= 15 is 0 Å². The summed E-state index contributed by atoms with van der Waals surface area (Å²) in [6.45, 7) is 0. The summed E-state index contributed by atoms with van der Waals surface area (Å²) in [5.74, 6) is -0.0807. The number of ether oxygens (including phenoxy) is 1. The molecule has 0 fully saturated rings. The van der Waals surface area contributed by atoms with Gasteiger partial charge in [-0.05, 0) is 36.4 Å². The number of nitrogens with two attached hydrogens (primary N) is 1. The standard InChI is InChI=1S/C14H12ClNO3/c1-19-13-6-8(2-5-12(13)17)14(18)10-7-9(15)3-4-11(10)16/h2-7,17H,16H2,1H3. The first-order valence-electron chi connectivity index (χ1n) is 5.49. The third-order valence-electron chi connectivity index (χ3n) is 2.70. The molecule has 0 saturated carbocycles. The monoisotopic (exact) mass is 277 g/mol. The number of benzene rings is 2. The Morgan fingerprint density at radius 1 is 1.26 bits per heavy atom. The first kappa shape index (κ1) is 13.2. The van der Waals surface area contributed by atoms with E-state index in [0.29, 0.717) is 21.8 Å². The molecule has 0 heterocycles. The van der Waals surface area contributed by atoms with E-state index in [1.807, 2.05) is 0 Å². The van der Waals surface area contributed by atoms with Crippen LogP contribution in [0, 0.1) is 0 Å². The van der Waals surface area contributed by atoms with Gasteiger partial charge in [-0.2, -0.15) is 0 Å². The Kier molecular flexibility index (Phi) is 3.62. The number of phenolic OH excluding ortho intramolecular Hbond substituents is 1. The molecule has 5 heteroatoms. The van der Waals surface area contributed by atoms with Crippen LogP contribution < -0.4 is 10.5 Å². The third kappa shape index (κ3) is 2.63. The molecule has 0 aliphatic heterocycles. The van der Waals surface area contributed by atoms with Crippen LogP contribution in [0.15, 0.2) is 36.4 Å². The van der Waals surface area contributed by atoms with Gasteiger partial charge in [0, 0.05) is 21.8 Å². The molecule has 0 aliphatic rings. The fourth-order valence-corrected chi connectivity index (χ4v) is 1.87. The van der Waals surface area contributed by atoms with Gasteiger partial charge in [0.2, 0.25) is 0 Å². The lowest BCUT2D eigenvalue weighted by Crippen LogP contribution is -2.05. The molecule has 19 heavy (non-hydrogen) atoms. The van der Waals surface area contributed by atoms with Crippen molar-refractivity contribution in [1.29, 1.82) is 0 Å². The predicted molar refractivity (Wildman–Crippen MR) is 74.0 cm³/mol. The Balaban J connectivity index is 2.47. The number of nitrogen functional groups attached to an aromatic ring is 1. The molecule has 0 bridgehead atoms. The lowest BCUT2D eigenvalue weighted by molar-refractivity contribution is 0.103. The average molecular weight is 278 g/mol. The van der Waals surface area contributed by atoms with Crippen LogP contribution in [0.25, 0.3) is 0 Å². The number of carbonyl (C=O) groups excluding carboxylic acids is 1. The molecule has 0 saturated heterocycles. The molecule has 2 aromatic rings. The van der Waals surface area contributed by atoms with E-state index in [1.165, 1.54) is 31.4 Å². The number of halogens is 1. The van der Waals surface area contributed by atoms with Crippen molar-refractivity contribution in [3.8, 4) is 11.5 Å². The van der Waals surface area contributed by atoms with Gasteiger partial charge in [0.25, 0.3) is 0 Å². The smallest absolute Gasteiger partial charge is 0.195 e. The van der Waals surface area contributed by atoms with E-state index in [0.717, 1.165) is 0 Å². The summed E-state index contributed by atoms with van der Waals surface area (Å²) in [6.07, 6.45) is 0. The summed E-state index contributed by atoms with van der Waals surface area (Å²) in [6, 6.07) is 9.06. The van der Waals surface area contributed by atoms with Crippen molar-refractivity contribution in [3.63, 3.8) is 0 Å². The minimum Gasteiger partial charge on any atom is -0.504 e. The molecule has 98 valence electrons. The molecule has 0 amide bonds. The van der Waals surface area contributed by atoms with Gasteiger partial charge in [0.05, 0.1) is 7.11 Å². The van der Waals surface area contributed by atoms with Crippen molar-refractivity contribution in [2.45, 2.75) is 0 Å². The van der Waals surface area contributed by atoms with Gasteiger partial charge in [-0.15, -0.1) is 0 Å². The minimum absolute atomic E-state index is 0.0295. The van der Waals surface area contributed by atoms with Crippen LogP contribution in [0.4, 0.5) is 5.69 Å². The first-order chi connectivity index (χ1) is 9.02. The summed E-state index contributed by atoms with van der Waals surface area (Å²) in [5.41, 5.74) is 6.80. The highest BCUT2D eigenvalue weighted by atomic mass is 35.5. The number of rotatable bonds is 3. The SMILES string of the molecule is COc1cc(C(=O)c2cc(Cl)ccc2N)ccc1O. The lowest BCUT2D eigenvalue weighted by atomic mass is 10.0. The van der Waals surface area contributed by atoms with Crippen LogP contribution in [0.5, 0.6) is 11.5 Å². The number of anilines is 1. The summed E-state index contributed by atoms with van der Waals surface area (Å²) in [7, 11) is 1.41. The Morgan fingerprint density at radius 2 is 2.00 bits per heavy atom. The van der Waals surface area contributed by atoms with Crippen molar-refractivity contribution < 1.29 is 14.6 Å². The summed E-state index contributed by atoms with van der Waals surface area (Å²) < 4.78 is 4.97. The minimum atomic E-state index is -0.279. The zero-order valence-electron chi connectivity index (χ0n) is 10.2. The number of phenols is 1. The van der Waals surface area contributed by atoms with Gasteiger partial charge >= 0.3 is 0 Å². The van der Waals surface area contributed by atoms with Gasteiger partial charge in [0.1, 0.15) is 0 Å². The second-order valence-corrected chi connectivity index (χ2v) is 4.38. The quantitative estimate of drug-likeness (QED) is 0.668. The van der Waals surface area contributed by atoms with Crippen LogP contribution >= 0.6 is 11.6 Å². The number of carbonyl (C=O) groups is 1. The molecule has 0 atom stereocenters. The van der Waals surface area contributed by atoms with E-state index in [4.69, 9.17) is 22.1 Å². The van der Waals surface area contributed by atoms with Crippen molar-refractivity contribution in [1.82, 2.24) is 0 Å². The zero-order valence-corrected chi connectivity index (χ0v) is 10.9. The molecule has 0 unspecified atom stereocenters. The zero-order chi connectivity index (χ0) is 14.0. The fourth-order valence-electron chi connectivity index (χ4n) is 1.70. The van der Waals surface area contributed by atoms with Crippen molar-refractivity contribution >= 4 is 23.1 Å². The van der Waals surface area contributed by atoms with E-state index in [2.05, 4.69) is 0 Å². The molecular weight excluding hydrogens is 266 g/mol. The van der Waals surface area contributed by atoms with E-state index in [-0.39, 0.29) is 17.3 Å². The summed E-state index contributed by atoms with van der Waals surface area (Å²) in [5, 5.41) is 9.94. The second-order valence-electron chi connectivity index (χ2n) is 3.95. The molecular formula is C14H12ClNO3. The number of methoxy groups -OCH3 is 1. The average Bonchev–Trinajstić information content (AvgIpc) is 2.41. The van der Waals surface area contributed by atoms with Crippen LogP contribution in [0.2, 0.25) is 5.02 Å². The molecule has 0 aromatic heterocycles. The van der Waals surface area contributed by atoms with Gasteiger partial charge in [-0.1, -0.05) is 11.6 Å². The normalized spacial score (nSPS) is 10.2. The maximum atomic E-state index is 12.3. The van der Waals surface area contributed by atoms with Gasteiger partial charge in [-0.25, -0.2) is 0 Å². The number of ketones is 1. The topological polar surface area (TPSA) is 72.5 Å². The highest BCUT2D eigenvalue weighted by Gasteiger charge is 2.15. The van der Waals surface area contributed by atoms with Gasteiger partial charge in [-0.3, -0.25) is 4.79 Å². The molecule has 0 spiro atoms. The molecule has 4 nitrogen and oxygen atoms in total. The first-order valence-corrected chi connectivity index (χ1v) is 5.87. The largest absolute Gasteiger partial charge is 0.504 e. The molecule has 3 N–H and O–H groups in total. The van der Waals surface area contributed by atoms with E-state index < -0.39 is 0 Å². The second kappa shape index (κ2) is 5.20. The van der Waals surface area contributed by atoms with Crippen LogP contribution in [0.3, 0.4) is 0 Å². The number of hydrogen-bond acceptors (Lipinski definition) is 4. The maximum Gasteiger partial charge on any atom is 0.195 e. The van der Waals surface area contributed by atoms with Crippen LogP contribution in [-0.4, -0.2) is 18.0 Å². The van der Waals surface area contributed by atoms with Crippen molar-refractivity contribution in [2.75, 3.05) is 12.8 Å². The Bertz CT molecular complexity index is 641. The Morgan fingerprint density at radius 3 is 2.68 bits per heavy atom. The predicted octanol–water partition coefficient (Wildman–Crippen LogP) is 2.87. The number of hydrogen-bond donors (Lipinski definition) is 2. The molecule has 2 aromatic carbocycles. The van der Waals surface area contributed by atoms with Crippen molar-refractivity contribution in [2.24, 2.45) is 0 Å². The fraction of sp³-hybridized carbons (Fsp3) is 0.0714. The molecule has 0 aliphatic carbocycles. The number of aromatic hydroxyl groups is 1. The summed E-state index contributed by atoms with van der Waals surface area (Å²) >= 11 is 5.86. The van der Waals surface area contributed by atoms with Gasteiger partial charge in [0.15, 0.2) is 17.3 Å². The van der Waals surface area contributed by atoms with Crippen LogP contribution in [-0.2, 0) is 0 Å². The third-order valence-corrected chi connectivity index (χ3v) is 2.94. The molecule has 0 radical (unpaired) electrons. The van der Waals surface area contributed by atoms with Crippen LogP contribution in [0.1, 0.15) is 15.9 Å². The molecule has 2 rings (SSSR count). The van der Waals surface area contributed by atoms with E-state index in [9.17, 15) is 9.90 Å². The summed E-state index contributed by atoms with van der Waals surface area (Å²) in [4.78, 5) is 12.3. The highest BCUT2D eigenvalue weighted by Crippen LogP contribution is 2.28. The highest BCUT2D eigenvalue weighted by molar-refractivity contribution is 6.31. The maximum absolute atomic E-state index is 12.3. The Hall–Kier alpha value is -2.20. The Labute approximate surface area is 115 Å². The van der Waals surface area contributed by atoms with Gasteiger partial charge < -0.3 is 15.6 Å². The van der Waals surface area contributed by atoms with Crippen molar-refractivity contribution in [3.05, 3.63) is 52.5 Å². The lowest BCUT2D eigenvalue weighted by Gasteiger charge is -2.08.